The number of aromatic nitrogens is 3. The van der Waals surface area contributed by atoms with Gasteiger partial charge in [0.1, 0.15) is 5.69 Å². The quantitative estimate of drug-likeness (QED) is 0.894. The van der Waals surface area contributed by atoms with Crippen molar-refractivity contribution in [2.75, 3.05) is 26.4 Å². The topological polar surface area (TPSA) is 78.4 Å². The molecule has 0 radical (unpaired) electrons. The predicted molar refractivity (Wildman–Crippen MR) is 85.1 cm³/mol. The summed E-state index contributed by atoms with van der Waals surface area (Å²) in [7, 11) is 0. The van der Waals surface area contributed by atoms with E-state index in [-0.39, 0.29) is 6.79 Å². The van der Waals surface area contributed by atoms with Crippen molar-refractivity contribution in [1.82, 2.24) is 19.9 Å². The highest BCUT2D eigenvalue weighted by Crippen LogP contribution is 2.36. The Bertz CT molecular complexity index is 694. The number of rotatable bonds is 5. The Balaban J connectivity index is 1.62. The lowest BCUT2D eigenvalue weighted by molar-refractivity contribution is 0.174. The van der Waals surface area contributed by atoms with Crippen molar-refractivity contribution in [1.29, 1.82) is 0 Å². The predicted octanol–water partition coefficient (Wildman–Crippen LogP) is 1.23. The maximum absolute atomic E-state index is 5.85. The van der Waals surface area contributed by atoms with Gasteiger partial charge in [0.15, 0.2) is 11.5 Å². The number of nitrogens with two attached hydrogens (primary N) is 1. The van der Waals surface area contributed by atoms with Gasteiger partial charge in [-0.25, -0.2) is 4.68 Å². The van der Waals surface area contributed by atoms with Crippen LogP contribution in [-0.4, -0.2) is 46.3 Å². The molecule has 0 saturated carbocycles. The van der Waals surface area contributed by atoms with E-state index < -0.39 is 0 Å². The minimum Gasteiger partial charge on any atom is -0.454 e. The van der Waals surface area contributed by atoms with Crippen LogP contribution < -0.4 is 15.2 Å². The smallest absolute Gasteiger partial charge is 0.231 e. The molecule has 7 nitrogen and oxygen atoms in total. The fraction of sp³-hybridized carbons (Fsp3) is 0.500. The molecule has 0 unspecified atom stereocenters. The summed E-state index contributed by atoms with van der Waals surface area (Å²) in [6, 6.07) is 5.92. The first-order chi connectivity index (χ1) is 11.3. The van der Waals surface area contributed by atoms with Crippen molar-refractivity contribution in [2.24, 2.45) is 5.73 Å². The molecule has 2 aliphatic rings. The van der Waals surface area contributed by atoms with Crippen molar-refractivity contribution < 1.29 is 9.47 Å². The number of nitrogens with zero attached hydrogens (tertiary/aromatic N) is 4. The third-order valence-electron chi connectivity index (χ3n) is 4.47. The van der Waals surface area contributed by atoms with Crippen molar-refractivity contribution in [3.63, 3.8) is 0 Å². The summed E-state index contributed by atoms with van der Waals surface area (Å²) in [6.07, 6.45) is 2.58. The highest BCUT2D eigenvalue weighted by Gasteiger charge is 2.20. The molecule has 1 aromatic carbocycles. The van der Waals surface area contributed by atoms with Crippen molar-refractivity contribution >= 4 is 0 Å². The number of likely N-dealkylation sites (tertiary alicyclic amines) is 1. The van der Waals surface area contributed by atoms with E-state index in [1.165, 1.54) is 25.9 Å². The van der Waals surface area contributed by atoms with Crippen LogP contribution in [0.1, 0.15) is 18.5 Å². The van der Waals surface area contributed by atoms with Gasteiger partial charge in [0, 0.05) is 18.7 Å². The highest BCUT2D eigenvalue weighted by molar-refractivity contribution is 5.66. The number of ether oxygens (including phenoxy) is 2. The van der Waals surface area contributed by atoms with Gasteiger partial charge in [-0.1, -0.05) is 5.21 Å². The Morgan fingerprint density at radius 1 is 1.09 bits per heavy atom. The third-order valence-corrected chi connectivity index (χ3v) is 4.47. The summed E-state index contributed by atoms with van der Waals surface area (Å²) < 4.78 is 12.8. The Kier molecular flexibility index (Phi) is 3.88. The van der Waals surface area contributed by atoms with Crippen LogP contribution in [0.15, 0.2) is 18.2 Å². The van der Waals surface area contributed by atoms with Crippen molar-refractivity contribution in [3.05, 3.63) is 23.9 Å². The van der Waals surface area contributed by atoms with Crippen LogP contribution in [0.2, 0.25) is 0 Å². The largest absolute Gasteiger partial charge is 0.454 e. The van der Waals surface area contributed by atoms with Gasteiger partial charge < -0.3 is 20.1 Å². The monoisotopic (exact) mass is 315 g/mol. The van der Waals surface area contributed by atoms with Crippen LogP contribution in [0.4, 0.5) is 0 Å². The van der Waals surface area contributed by atoms with E-state index in [9.17, 15) is 0 Å². The molecular weight excluding hydrogens is 294 g/mol. The molecule has 2 aromatic rings. The minimum absolute atomic E-state index is 0.273. The van der Waals surface area contributed by atoms with Crippen LogP contribution in [0, 0.1) is 0 Å². The van der Waals surface area contributed by atoms with E-state index in [1.807, 2.05) is 22.9 Å². The molecule has 3 heterocycles. The molecule has 4 rings (SSSR count). The molecule has 23 heavy (non-hydrogen) atoms. The average molecular weight is 315 g/mol. The molecular formula is C16H21N5O2. The zero-order chi connectivity index (χ0) is 15.6. The van der Waals surface area contributed by atoms with E-state index in [2.05, 4.69) is 15.2 Å². The molecule has 1 saturated heterocycles. The van der Waals surface area contributed by atoms with E-state index in [4.69, 9.17) is 15.2 Å². The van der Waals surface area contributed by atoms with E-state index in [0.717, 1.165) is 41.5 Å². The summed E-state index contributed by atoms with van der Waals surface area (Å²) in [5.41, 5.74) is 8.65. The van der Waals surface area contributed by atoms with Gasteiger partial charge in [0.25, 0.3) is 0 Å². The number of fused-ring (bicyclic) bond motifs is 1. The van der Waals surface area contributed by atoms with Crippen LogP contribution in [0.25, 0.3) is 11.3 Å². The van der Waals surface area contributed by atoms with Crippen molar-refractivity contribution in [2.45, 2.75) is 25.9 Å². The first-order valence-corrected chi connectivity index (χ1v) is 8.10. The first-order valence-electron chi connectivity index (χ1n) is 8.10. The molecule has 2 N–H and O–H groups in total. The maximum Gasteiger partial charge on any atom is 0.231 e. The maximum atomic E-state index is 5.85. The van der Waals surface area contributed by atoms with Crippen LogP contribution in [-0.2, 0) is 13.1 Å². The number of hydrogen-bond acceptors (Lipinski definition) is 6. The fourth-order valence-electron chi connectivity index (χ4n) is 3.24. The number of hydrogen-bond donors (Lipinski definition) is 1. The average Bonchev–Trinajstić information content (AvgIpc) is 3.31. The Morgan fingerprint density at radius 2 is 1.91 bits per heavy atom. The molecule has 0 spiro atoms. The summed E-state index contributed by atoms with van der Waals surface area (Å²) in [6.45, 7) is 4.81. The van der Waals surface area contributed by atoms with Gasteiger partial charge in [-0.15, -0.1) is 5.10 Å². The minimum atomic E-state index is 0.273. The van der Waals surface area contributed by atoms with Gasteiger partial charge in [-0.3, -0.25) is 0 Å². The van der Waals surface area contributed by atoms with E-state index >= 15 is 0 Å². The van der Waals surface area contributed by atoms with Gasteiger partial charge in [0.2, 0.25) is 6.79 Å². The molecule has 1 fully saturated rings. The fourth-order valence-corrected chi connectivity index (χ4v) is 3.24. The van der Waals surface area contributed by atoms with E-state index in [1.54, 1.807) is 0 Å². The van der Waals surface area contributed by atoms with Gasteiger partial charge in [-0.05, 0) is 44.1 Å². The lowest BCUT2D eigenvalue weighted by Gasteiger charge is -2.15. The van der Waals surface area contributed by atoms with Crippen LogP contribution >= 0.6 is 0 Å². The second-order valence-electron chi connectivity index (χ2n) is 5.93. The van der Waals surface area contributed by atoms with Crippen LogP contribution in [0.5, 0.6) is 11.5 Å². The molecule has 7 heteroatoms. The normalized spacial score (nSPS) is 17.1. The first kappa shape index (κ1) is 14.5. The molecule has 0 atom stereocenters. The zero-order valence-electron chi connectivity index (χ0n) is 13.1. The lowest BCUT2D eigenvalue weighted by atomic mass is 10.1. The molecule has 122 valence electrons. The third kappa shape index (κ3) is 2.77. The number of benzene rings is 1. The summed E-state index contributed by atoms with van der Waals surface area (Å²) in [4.78, 5) is 2.47. The summed E-state index contributed by atoms with van der Waals surface area (Å²) in [5.74, 6) is 1.54. The Labute approximate surface area is 135 Å². The molecule has 1 aromatic heterocycles. The second kappa shape index (κ2) is 6.17. The highest BCUT2D eigenvalue weighted by atomic mass is 16.7. The lowest BCUT2D eigenvalue weighted by Crippen LogP contribution is -2.24. The summed E-state index contributed by atoms with van der Waals surface area (Å²) >= 11 is 0. The van der Waals surface area contributed by atoms with E-state index in [0.29, 0.717) is 6.54 Å². The Hall–Kier alpha value is -2.12. The molecule has 0 aliphatic carbocycles. The van der Waals surface area contributed by atoms with Gasteiger partial charge in [0.05, 0.1) is 12.2 Å². The molecule has 0 amide bonds. The van der Waals surface area contributed by atoms with Crippen LogP contribution in [0.3, 0.4) is 0 Å². The molecule has 0 bridgehead atoms. The Morgan fingerprint density at radius 3 is 2.74 bits per heavy atom. The standard InChI is InChI=1S/C16H21N5O2/c17-10-13-16(12-3-4-14-15(9-12)23-11-22-14)21(19-18-13)8-7-20-5-1-2-6-20/h3-4,9H,1-2,5-8,10-11,17H2. The molecule has 2 aliphatic heterocycles. The van der Waals surface area contributed by atoms with Gasteiger partial charge in [-0.2, -0.15) is 0 Å². The zero-order valence-corrected chi connectivity index (χ0v) is 13.1. The SMILES string of the molecule is NCc1nnn(CCN2CCCC2)c1-c1ccc2c(c1)OCO2. The van der Waals surface area contributed by atoms with Crippen molar-refractivity contribution in [3.8, 4) is 22.8 Å². The second-order valence-corrected chi connectivity index (χ2v) is 5.93. The summed E-state index contributed by atoms with van der Waals surface area (Å²) in [5, 5.41) is 8.55. The van der Waals surface area contributed by atoms with Gasteiger partial charge >= 0.3 is 0 Å².